The van der Waals surface area contributed by atoms with Crippen molar-refractivity contribution < 1.29 is 21.3 Å². The standard InChI is InChI=1S/C27H29N2O/c1-15(2)11-21-13-22(29(7)19(6)18(21)5)24-16(3)12-17(4)25-26-20(14-28)9-8-10-23(26)30-27(24)25/h8-10,12-13,15H,11H2,1-7H3/q+1/i4D3,5D3,11D2,13D. The molecule has 30 heavy (non-hydrogen) atoms. The van der Waals surface area contributed by atoms with E-state index in [1.165, 1.54) is 10.6 Å². The van der Waals surface area contributed by atoms with E-state index in [4.69, 9.17) is 15.4 Å². The first-order valence-corrected chi connectivity index (χ1v) is 9.79. The molecule has 0 radical (unpaired) electrons. The summed E-state index contributed by atoms with van der Waals surface area (Å²) in [6.07, 6.45) is -2.16. The van der Waals surface area contributed by atoms with Gasteiger partial charge >= 0.3 is 0 Å². The van der Waals surface area contributed by atoms with Crippen LogP contribution in [0, 0.1) is 44.8 Å². The summed E-state index contributed by atoms with van der Waals surface area (Å²) >= 11 is 0. The largest absolute Gasteiger partial charge is 0.455 e. The predicted octanol–water partition coefficient (Wildman–Crippen LogP) is 6.38. The zero-order valence-corrected chi connectivity index (χ0v) is 17.7. The van der Waals surface area contributed by atoms with Crippen molar-refractivity contribution >= 4 is 21.9 Å². The van der Waals surface area contributed by atoms with E-state index >= 15 is 0 Å². The molecule has 0 fully saturated rings. The Morgan fingerprint density at radius 2 is 2.03 bits per heavy atom. The van der Waals surface area contributed by atoms with Crippen LogP contribution >= 0.6 is 0 Å². The van der Waals surface area contributed by atoms with Gasteiger partial charge in [0.25, 0.3) is 0 Å². The molecule has 3 nitrogen and oxygen atoms in total. The minimum atomic E-state index is -2.69. The highest BCUT2D eigenvalue weighted by molar-refractivity contribution is 6.13. The van der Waals surface area contributed by atoms with Crippen molar-refractivity contribution in [3.63, 3.8) is 0 Å². The second kappa shape index (κ2) is 7.29. The molecule has 0 aliphatic carbocycles. The molecule has 152 valence electrons. The number of hydrogen-bond donors (Lipinski definition) is 0. The van der Waals surface area contributed by atoms with Crippen LogP contribution in [-0.4, -0.2) is 0 Å². The third kappa shape index (κ3) is 2.99. The smallest absolute Gasteiger partial charge is 0.216 e. The Balaban J connectivity index is 2.33. The molecular formula is C27H29N2O+. The lowest BCUT2D eigenvalue weighted by Crippen LogP contribution is -2.36. The molecule has 0 aliphatic heterocycles. The number of aryl methyl sites for hydroxylation is 2. The van der Waals surface area contributed by atoms with Crippen LogP contribution < -0.4 is 4.57 Å². The first-order chi connectivity index (χ1) is 17.9. The van der Waals surface area contributed by atoms with Crippen LogP contribution in [0.1, 0.15) is 59.7 Å². The Bertz CT molecular complexity index is 1690. The van der Waals surface area contributed by atoms with Gasteiger partial charge in [-0.3, -0.25) is 0 Å². The third-order valence-corrected chi connectivity index (χ3v) is 5.45. The zero-order chi connectivity index (χ0) is 29.4. The highest BCUT2D eigenvalue weighted by atomic mass is 16.3. The van der Waals surface area contributed by atoms with Crippen LogP contribution in [-0.2, 0) is 13.4 Å². The summed E-state index contributed by atoms with van der Waals surface area (Å²) in [7, 11) is 1.60. The lowest BCUT2D eigenvalue weighted by molar-refractivity contribution is -0.667. The molecule has 0 N–H and O–H groups in total. The van der Waals surface area contributed by atoms with Crippen molar-refractivity contribution in [2.45, 2.75) is 47.8 Å². The van der Waals surface area contributed by atoms with Gasteiger partial charge in [0.2, 0.25) is 5.69 Å². The van der Waals surface area contributed by atoms with E-state index in [-0.39, 0.29) is 50.7 Å². The molecule has 0 spiro atoms. The summed E-state index contributed by atoms with van der Waals surface area (Å²) in [4.78, 5) is 0. The average molecular weight is 407 g/mol. The molecule has 0 saturated carbocycles. The van der Waals surface area contributed by atoms with E-state index in [0.29, 0.717) is 22.1 Å². The predicted molar refractivity (Wildman–Crippen MR) is 123 cm³/mol. The van der Waals surface area contributed by atoms with E-state index < -0.39 is 26.0 Å². The molecule has 4 aromatic rings. The van der Waals surface area contributed by atoms with Crippen LogP contribution in [0.3, 0.4) is 0 Å². The first-order valence-electron chi connectivity index (χ1n) is 14.3. The van der Waals surface area contributed by atoms with Crippen molar-refractivity contribution in [3.05, 3.63) is 63.8 Å². The molecule has 2 heterocycles. The van der Waals surface area contributed by atoms with E-state index in [2.05, 4.69) is 6.07 Å². The molecule has 0 bridgehead atoms. The second-order valence-corrected chi connectivity index (χ2v) is 7.88. The summed E-state index contributed by atoms with van der Waals surface area (Å²) in [5.74, 6) is -0.647. The lowest BCUT2D eigenvalue weighted by Gasteiger charge is -2.14. The lowest BCUT2D eigenvalue weighted by atomic mass is 9.92. The van der Waals surface area contributed by atoms with Crippen LogP contribution in [0.15, 0.2) is 34.7 Å². The van der Waals surface area contributed by atoms with Gasteiger partial charge in [0.15, 0.2) is 5.69 Å². The summed E-state index contributed by atoms with van der Waals surface area (Å²) < 4.78 is 83.8. The average Bonchev–Trinajstić information content (AvgIpc) is 3.19. The Labute approximate surface area is 191 Å². The Kier molecular flexibility index (Phi) is 2.89. The molecule has 4 rings (SSSR count). The number of fused-ring (bicyclic) bond motifs is 3. The monoisotopic (exact) mass is 406 g/mol. The van der Waals surface area contributed by atoms with Crippen LogP contribution in [0.5, 0.6) is 0 Å². The second-order valence-electron chi connectivity index (χ2n) is 7.88. The summed E-state index contributed by atoms with van der Waals surface area (Å²) in [6.45, 7) is 1.26. The summed E-state index contributed by atoms with van der Waals surface area (Å²) in [6, 6.07) is 8.09. The van der Waals surface area contributed by atoms with E-state index in [9.17, 15) is 6.63 Å². The highest BCUT2D eigenvalue weighted by Gasteiger charge is 2.26. The van der Waals surface area contributed by atoms with Crippen LogP contribution in [0.4, 0.5) is 0 Å². The number of nitrogens with zero attached hydrogens (tertiary/aromatic N) is 2. The fraction of sp³-hybridized carbons (Fsp3) is 0.333. The molecule has 2 aromatic heterocycles. The van der Waals surface area contributed by atoms with Crippen molar-refractivity contribution in [2.75, 3.05) is 0 Å². The van der Waals surface area contributed by atoms with Gasteiger partial charge in [-0.05, 0) is 61.7 Å². The maximum Gasteiger partial charge on any atom is 0.216 e. The minimum absolute atomic E-state index is 0.0112. The number of rotatable bonds is 3. The Morgan fingerprint density at radius 1 is 1.23 bits per heavy atom. The fourth-order valence-corrected chi connectivity index (χ4v) is 3.92. The molecule has 0 unspecified atom stereocenters. The number of benzene rings is 2. The summed E-state index contributed by atoms with van der Waals surface area (Å²) in [5.41, 5.74) is 1.43. The molecule has 2 aromatic carbocycles. The molecule has 0 atom stereocenters. The van der Waals surface area contributed by atoms with E-state index in [1.807, 2.05) is 0 Å². The molecule has 0 saturated heterocycles. The Hall–Kier alpha value is -3.12. The van der Waals surface area contributed by atoms with Crippen LogP contribution in [0.2, 0.25) is 0 Å². The van der Waals surface area contributed by atoms with Gasteiger partial charge in [-0.25, -0.2) is 0 Å². The highest BCUT2D eigenvalue weighted by Crippen LogP contribution is 2.40. The van der Waals surface area contributed by atoms with Crippen molar-refractivity contribution in [3.8, 4) is 17.3 Å². The molecule has 0 aliphatic rings. The van der Waals surface area contributed by atoms with Crippen LogP contribution in [0.25, 0.3) is 33.2 Å². The first kappa shape index (κ1) is 11.9. The minimum Gasteiger partial charge on any atom is -0.455 e. The fourth-order valence-electron chi connectivity index (χ4n) is 3.92. The van der Waals surface area contributed by atoms with Gasteiger partial charge in [-0.15, -0.1) is 0 Å². The zero-order valence-electron chi connectivity index (χ0n) is 26.7. The summed E-state index contributed by atoms with van der Waals surface area (Å²) in [5, 5.41) is 10.3. The number of nitriles is 1. The molecule has 0 amide bonds. The topological polar surface area (TPSA) is 40.8 Å². The van der Waals surface area contributed by atoms with Gasteiger partial charge < -0.3 is 4.42 Å². The van der Waals surface area contributed by atoms with Gasteiger partial charge in [0.05, 0.1) is 18.6 Å². The van der Waals surface area contributed by atoms with Crippen molar-refractivity contribution in [1.82, 2.24) is 0 Å². The maximum absolute atomic E-state index is 9.80. The van der Waals surface area contributed by atoms with E-state index in [0.717, 1.165) is 0 Å². The third-order valence-electron chi connectivity index (χ3n) is 5.45. The number of hydrogen-bond acceptors (Lipinski definition) is 2. The van der Waals surface area contributed by atoms with Gasteiger partial charge in [0.1, 0.15) is 18.2 Å². The SMILES string of the molecule is [2H]c1c(C([2H])([2H])C(C)C)c(C([2H])([2H])[2H])c(C)[n+](C)c1-c1c(C)cc(C([2H])([2H])[2H])c2c1oc1cccc(C#N)c12. The molecular weight excluding hydrogens is 368 g/mol. The van der Waals surface area contributed by atoms with E-state index in [1.54, 1.807) is 52.9 Å². The van der Waals surface area contributed by atoms with Gasteiger partial charge in [-0.2, -0.15) is 9.83 Å². The number of aromatic nitrogens is 1. The van der Waals surface area contributed by atoms with Crippen molar-refractivity contribution in [2.24, 2.45) is 13.0 Å². The maximum atomic E-state index is 9.80. The van der Waals surface area contributed by atoms with Gasteiger partial charge in [-0.1, -0.05) is 26.0 Å². The number of furan rings is 1. The van der Waals surface area contributed by atoms with Gasteiger partial charge in [0, 0.05) is 40.3 Å². The quantitative estimate of drug-likeness (QED) is 0.370. The number of pyridine rings is 1. The van der Waals surface area contributed by atoms with Crippen molar-refractivity contribution in [1.29, 1.82) is 5.26 Å². The molecule has 3 heteroatoms. The normalized spacial score (nSPS) is 17.3. The Morgan fingerprint density at radius 3 is 2.70 bits per heavy atom.